The van der Waals surface area contributed by atoms with Crippen LogP contribution in [-0.4, -0.2) is 11.7 Å². The van der Waals surface area contributed by atoms with Crippen LogP contribution in [0, 0.1) is 5.41 Å². The molecule has 0 atom stereocenters. The van der Waals surface area contributed by atoms with Crippen molar-refractivity contribution < 1.29 is 9.63 Å². The van der Waals surface area contributed by atoms with Gasteiger partial charge < -0.3 is 4.84 Å². The molecule has 0 bridgehead atoms. The Kier molecular flexibility index (Phi) is 3.89. The first-order valence-corrected chi connectivity index (χ1v) is 6.63. The number of hydrogen-bond donors (Lipinski definition) is 0. The number of oxime groups is 1. The van der Waals surface area contributed by atoms with Crippen molar-refractivity contribution >= 4 is 22.5 Å². The van der Waals surface area contributed by atoms with E-state index in [4.69, 9.17) is 4.84 Å². The van der Waals surface area contributed by atoms with Crippen LogP contribution in [0.5, 0.6) is 0 Å². The second kappa shape index (κ2) is 5.45. The highest BCUT2D eigenvalue weighted by Gasteiger charge is 2.23. The van der Waals surface area contributed by atoms with Crippen LogP contribution in [-0.2, 0) is 9.63 Å². The summed E-state index contributed by atoms with van der Waals surface area (Å²) in [5.74, 6) is -0.336. The Hall–Kier alpha value is -2.16. The molecule has 0 aliphatic carbocycles. The minimum absolute atomic E-state index is 0.336. The average molecular weight is 269 g/mol. The largest absolute Gasteiger partial charge is 0.340 e. The Bertz CT molecular complexity index is 666. The highest BCUT2D eigenvalue weighted by atomic mass is 16.7. The van der Waals surface area contributed by atoms with E-state index < -0.39 is 5.41 Å². The number of nitrogens with zero attached hydrogens (tertiary/aromatic N) is 1. The predicted molar refractivity (Wildman–Crippen MR) is 81.7 cm³/mol. The molecule has 0 unspecified atom stereocenters. The van der Waals surface area contributed by atoms with Gasteiger partial charge in [-0.1, -0.05) is 41.6 Å². The monoisotopic (exact) mass is 269 g/mol. The molecule has 0 fully saturated rings. The summed E-state index contributed by atoms with van der Waals surface area (Å²) in [6.07, 6.45) is 0. The van der Waals surface area contributed by atoms with Gasteiger partial charge in [0, 0.05) is 0 Å². The van der Waals surface area contributed by atoms with Gasteiger partial charge in [0.1, 0.15) is 0 Å². The zero-order chi connectivity index (χ0) is 14.8. The highest BCUT2D eigenvalue weighted by Crippen LogP contribution is 2.18. The van der Waals surface area contributed by atoms with Crippen molar-refractivity contribution in [1.29, 1.82) is 0 Å². The van der Waals surface area contributed by atoms with E-state index in [1.807, 2.05) is 43.3 Å². The van der Waals surface area contributed by atoms with Gasteiger partial charge in [0.15, 0.2) is 0 Å². The number of benzene rings is 2. The van der Waals surface area contributed by atoms with Crippen molar-refractivity contribution in [3.05, 3.63) is 48.0 Å². The Balaban J connectivity index is 2.22. The van der Waals surface area contributed by atoms with Gasteiger partial charge in [0.25, 0.3) is 0 Å². The standard InChI is InChI=1S/C17H19NO2/c1-12(18-20-16(19)17(2,3)4)14-10-9-13-7-5-6-8-15(13)11-14/h5-11H,1-4H3. The van der Waals surface area contributed by atoms with Crippen molar-refractivity contribution in [1.82, 2.24) is 0 Å². The molecule has 0 spiro atoms. The molecule has 0 heterocycles. The van der Waals surface area contributed by atoms with Gasteiger partial charge >= 0.3 is 5.97 Å². The number of carbonyl (C=O) groups excluding carboxylic acids is 1. The van der Waals surface area contributed by atoms with E-state index in [1.54, 1.807) is 20.8 Å². The van der Waals surface area contributed by atoms with Gasteiger partial charge in [-0.15, -0.1) is 0 Å². The van der Waals surface area contributed by atoms with E-state index in [2.05, 4.69) is 11.2 Å². The fraction of sp³-hybridized carbons (Fsp3) is 0.294. The van der Waals surface area contributed by atoms with Crippen LogP contribution in [0.3, 0.4) is 0 Å². The Morgan fingerprint density at radius 3 is 2.35 bits per heavy atom. The molecule has 3 heteroatoms. The molecule has 0 amide bonds. The maximum absolute atomic E-state index is 11.7. The minimum atomic E-state index is -0.548. The van der Waals surface area contributed by atoms with E-state index in [-0.39, 0.29) is 5.97 Å². The lowest BCUT2D eigenvalue weighted by Gasteiger charge is -2.13. The molecule has 104 valence electrons. The van der Waals surface area contributed by atoms with Crippen LogP contribution < -0.4 is 0 Å². The van der Waals surface area contributed by atoms with Crippen LogP contribution >= 0.6 is 0 Å². The van der Waals surface area contributed by atoms with Crippen LogP contribution in [0.25, 0.3) is 10.8 Å². The minimum Gasteiger partial charge on any atom is -0.317 e. The topological polar surface area (TPSA) is 38.7 Å². The molecule has 0 aliphatic rings. The maximum Gasteiger partial charge on any atom is 0.340 e. The predicted octanol–water partition coefficient (Wildman–Crippen LogP) is 4.15. The van der Waals surface area contributed by atoms with Gasteiger partial charge in [-0.05, 0) is 50.1 Å². The zero-order valence-electron chi connectivity index (χ0n) is 12.3. The molecule has 0 saturated carbocycles. The lowest BCUT2D eigenvalue weighted by Crippen LogP contribution is -2.21. The molecule has 20 heavy (non-hydrogen) atoms. The Labute approximate surface area is 119 Å². The summed E-state index contributed by atoms with van der Waals surface area (Å²) in [4.78, 5) is 16.7. The number of hydrogen-bond acceptors (Lipinski definition) is 3. The van der Waals surface area contributed by atoms with Gasteiger partial charge in [-0.3, -0.25) is 0 Å². The Morgan fingerprint density at radius 2 is 1.70 bits per heavy atom. The van der Waals surface area contributed by atoms with Crippen LogP contribution in [0.4, 0.5) is 0 Å². The quantitative estimate of drug-likeness (QED) is 0.466. The second-order valence-electron chi connectivity index (χ2n) is 5.87. The molecule has 2 aromatic carbocycles. The van der Waals surface area contributed by atoms with Gasteiger partial charge in [-0.2, -0.15) is 0 Å². The fourth-order valence-corrected chi connectivity index (χ4v) is 1.71. The average Bonchev–Trinajstić information content (AvgIpc) is 2.42. The summed E-state index contributed by atoms with van der Waals surface area (Å²) in [5, 5.41) is 6.25. The summed E-state index contributed by atoms with van der Waals surface area (Å²) in [7, 11) is 0. The van der Waals surface area contributed by atoms with Gasteiger partial charge in [-0.25, -0.2) is 4.79 Å². The van der Waals surface area contributed by atoms with Crippen molar-refractivity contribution in [3.63, 3.8) is 0 Å². The normalized spacial score (nSPS) is 12.5. The third-order valence-electron chi connectivity index (χ3n) is 3.05. The third-order valence-corrected chi connectivity index (χ3v) is 3.05. The Morgan fingerprint density at radius 1 is 1.05 bits per heavy atom. The lowest BCUT2D eigenvalue weighted by atomic mass is 9.98. The summed E-state index contributed by atoms with van der Waals surface area (Å²) in [5.41, 5.74) is 1.09. The van der Waals surface area contributed by atoms with E-state index >= 15 is 0 Å². The molecule has 2 rings (SSSR count). The molecule has 0 aliphatic heterocycles. The van der Waals surface area contributed by atoms with Crippen LogP contribution in [0.15, 0.2) is 47.6 Å². The van der Waals surface area contributed by atoms with Crippen molar-refractivity contribution in [3.8, 4) is 0 Å². The molecule has 0 N–H and O–H groups in total. The smallest absolute Gasteiger partial charge is 0.317 e. The first kappa shape index (κ1) is 14.3. The third kappa shape index (κ3) is 3.23. The SMILES string of the molecule is CC(=NOC(=O)C(C)(C)C)c1ccc2ccccc2c1. The molecule has 0 aromatic heterocycles. The fourth-order valence-electron chi connectivity index (χ4n) is 1.71. The summed E-state index contributed by atoms with van der Waals surface area (Å²) < 4.78 is 0. The van der Waals surface area contributed by atoms with Gasteiger partial charge in [0.2, 0.25) is 0 Å². The molecule has 3 nitrogen and oxygen atoms in total. The second-order valence-corrected chi connectivity index (χ2v) is 5.87. The molecule has 0 radical (unpaired) electrons. The van der Waals surface area contributed by atoms with Crippen molar-refractivity contribution in [2.45, 2.75) is 27.7 Å². The van der Waals surface area contributed by atoms with Gasteiger partial charge in [0.05, 0.1) is 11.1 Å². The van der Waals surface area contributed by atoms with Crippen molar-refractivity contribution in [2.75, 3.05) is 0 Å². The van der Waals surface area contributed by atoms with Crippen LogP contribution in [0.2, 0.25) is 0 Å². The first-order chi connectivity index (χ1) is 9.38. The summed E-state index contributed by atoms with van der Waals surface area (Å²) in [6, 6.07) is 14.2. The molecular weight excluding hydrogens is 250 g/mol. The van der Waals surface area contributed by atoms with E-state index in [9.17, 15) is 4.79 Å². The van der Waals surface area contributed by atoms with E-state index in [0.717, 1.165) is 10.9 Å². The molecule has 0 saturated heterocycles. The zero-order valence-corrected chi connectivity index (χ0v) is 12.3. The molecular formula is C17H19NO2. The van der Waals surface area contributed by atoms with E-state index in [0.29, 0.717) is 5.71 Å². The number of rotatable bonds is 2. The highest BCUT2D eigenvalue weighted by molar-refractivity contribution is 6.02. The number of fused-ring (bicyclic) bond motifs is 1. The summed E-state index contributed by atoms with van der Waals surface area (Å²) in [6.45, 7) is 7.24. The van der Waals surface area contributed by atoms with Crippen molar-refractivity contribution in [2.24, 2.45) is 10.6 Å². The van der Waals surface area contributed by atoms with Crippen LogP contribution in [0.1, 0.15) is 33.3 Å². The number of carbonyl (C=O) groups is 1. The lowest BCUT2D eigenvalue weighted by molar-refractivity contribution is -0.152. The van der Waals surface area contributed by atoms with E-state index in [1.165, 1.54) is 5.39 Å². The molecule has 2 aromatic rings. The summed E-state index contributed by atoms with van der Waals surface area (Å²) >= 11 is 0. The first-order valence-electron chi connectivity index (χ1n) is 6.63. The maximum atomic E-state index is 11.7.